The summed E-state index contributed by atoms with van der Waals surface area (Å²) in [7, 11) is 0. The van der Waals surface area contributed by atoms with E-state index >= 15 is 0 Å². The quantitative estimate of drug-likeness (QED) is 0.411. The van der Waals surface area contributed by atoms with Crippen molar-refractivity contribution < 1.29 is 9.53 Å². The van der Waals surface area contributed by atoms with Gasteiger partial charge in [-0.05, 0) is 55.3 Å². The Labute approximate surface area is 198 Å². The SMILES string of the molecule is C=CC(=O)N1CCCC(Nc2c(C#N)cncc2C(=N)c2ccc(Oc3ccncc3)cc2)C1. The van der Waals surface area contributed by atoms with Crippen LogP contribution in [-0.2, 0) is 4.79 Å². The van der Waals surface area contributed by atoms with E-state index in [1.807, 2.05) is 0 Å². The fourth-order valence-electron chi connectivity index (χ4n) is 3.91. The Morgan fingerprint density at radius 2 is 1.91 bits per heavy atom. The standard InChI is InChI=1S/C26H24N6O2/c1-2-24(33)32-13-3-4-20(17-32)31-26-19(14-27)15-30-16-23(26)25(28)18-5-7-21(8-6-18)34-22-9-11-29-12-10-22/h2,5-12,15-16,20,28H,1,3-4,13,17H2,(H,30,31). The van der Waals surface area contributed by atoms with Crippen LogP contribution in [0.15, 0.2) is 73.8 Å². The zero-order valence-electron chi connectivity index (χ0n) is 18.6. The Bertz CT molecular complexity index is 1230. The lowest BCUT2D eigenvalue weighted by Crippen LogP contribution is -2.44. The highest BCUT2D eigenvalue weighted by atomic mass is 16.5. The van der Waals surface area contributed by atoms with Crippen LogP contribution < -0.4 is 10.1 Å². The van der Waals surface area contributed by atoms with Gasteiger partial charge in [0.1, 0.15) is 17.6 Å². The minimum Gasteiger partial charge on any atom is -0.457 e. The molecule has 170 valence electrons. The van der Waals surface area contributed by atoms with Gasteiger partial charge in [-0.25, -0.2) is 0 Å². The lowest BCUT2D eigenvalue weighted by molar-refractivity contribution is -0.127. The lowest BCUT2D eigenvalue weighted by Gasteiger charge is -2.33. The van der Waals surface area contributed by atoms with E-state index in [0.717, 1.165) is 12.8 Å². The van der Waals surface area contributed by atoms with E-state index in [2.05, 4.69) is 27.9 Å². The summed E-state index contributed by atoms with van der Waals surface area (Å²) in [5, 5.41) is 21.9. The van der Waals surface area contributed by atoms with Crippen LogP contribution in [-0.4, -0.2) is 45.6 Å². The maximum Gasteiger partial charge on any atom is 0.246 e. The van der Waals surface area contributed by atoms with Gasteiger partial charge in [0.2, 0.25) is 5.91 Å². The fourth-order valence-corrected chi connectivity index (χ4v) is 3.91. The van der Waals surface area contributed by atoms with Crippen LogP contribution in [0.5, 0.6) is 11.5 Å². The molecular formula is C26H24N6O2. The van der Waals surface area contributed by atoms with Gasteiger partial charge in [-0.15, -0.1) is 0 Å². The molecule has 0 radical (unpaired) electrons. The zero-order valence-corrected chi connectivity index (χ0v) is 18.6. The molecule has 3 aromatic rings. The number of carbonyl (C=O) groups excluding carboxylic acids is 1. The maximum atomic E-state index is 12.1. The monoisotopic (exact) mass is 452 g/mol. The minimum atomic E-state index is -0.108. The topological polar surface area (TPSA) is 115 Å². The van der Waals surface area contributed by atoms with Crippen LogP contribution in [0.3, 0.4) is 0 Å². The predicted octanol–water partition coefficient (Wildman–Crippen LogP) is 4.15. The van der Waals surface area contributed by atoms with Crippen molar-refractivity contribution >= 4 is 17.3 Å². The van der Waals surface area contributed by atoms with Crippen molar-refractivity contribution in [1.29, 1.82) is 10.7 Å². The summed E-state index contributed by atoms with van der Waals surface area (Å²) in [6, 6.07) is 12.8. The van der Waals surface area contributed by atoms with Gasteiger partial charge in [0.05, 0.1) is 17.0 Å². The van der Waals surface area contributed by atoms with E-state index in [9.17, 15) is 10.1 Å². The number of likely N-dealkylation sites (tertiary alicyclic amines) is 1. The number of carbonyl (C=O) groups is 1. The minimum absolute atomic E-state index is 0.0464. The van der Waals surface area contributed by atoms with Crippen LogP contribution >= 0.6 is 0 Å². The summed E-state index contributed by atoms with van der Waals surface area (Å²) in [5.74, 6) is 1.20. The predicted molar refractivity (Wildman–Crippen MR) is 129 cm³/mol. The highest BCUT2D eigenvalue weighted by molar-refractivity contribution is 6.14. The van der Waals surface area contributed by atoms with Crippen molar-refractivity contribution in [3.8, 4) is 17.6 Å². The molecule has 1 aliphatic rings. The molecule has 8 nitrogen and oxygen atoms in total. The van der Waals surface area contributed by atoms with Crippen molar-refractivity contribution in [2.75, 3.05) is 18.4 Å². The molecule has 4 rings (SSSR count). The molecule has 2 aromatic heterocycles. The van der Waals surface area contributed by atoms with Crippen LogP contribution in [0.25, 0.3) is 0 Å². The molecule has 34 heavy (non-hydrogen) atoms. The Morgan fingerprint density at radius 3 is 2.62 bits per heavy atom. The largest absolute Gasteiger partial charge is 0.457 e. The van der Waals surface area contributed by atoms with Crippen LogP contribution in [0, 0.1) is 16.7 Å². The van der Waals surface area contributed by atoms with Crippen LogP contribution in [0.1, 0.15) is 29.5 Å². The van der Waals surface area contributed by atoms with Gasteiger partial charge in [0.15, 0.2) is 0 Å². The number of nitriles is 1. The molecule has 0 saturated carbocycles. The number of benzene rings is 1. The van der Waals surface area contributed by atoms with Crippen molar-refractivity contribution in [3.05, 3.63) is 90.5 Å². The molecule has 2 N–H and O–H groups in total. The Morgan fingerprint density at radius 1 is 1.18 bits per heavy atom. The smallest absolute Gasteiger partial charge is 0.246 e. The summed E-state index contributed by atoms with van der Waals surface area (Å²) >= 11 is 0. The number of aromatic nitrogens is 2. The number of ether oxygens (including phenoxy) is 1. The van der Waals surface area contributed by atoms with E-state index in [4.69, 9.17) is 10.1 Å². The molecule has 1 atom stereocenters. The van der Waals surface area contributed by atoms with E-state index in [-0.39, 0.29) is 17.7 Å². The molecule has 1 aliphatic heterocycles. The fraction of sp³-hybridized carbons (Fsp3) is 0.192. The average Bonchev–Trinajstić information content (AvgIpc) is 2.89. The molecule has 0 spiro atoms. The van der Waals surface area contributed by atoms with Gasteiger partial charge in [-0.2, -0.15) is 5.26 Å². The van der Waals surface area contributed by atoms with Crippen molar-refractivity contribution in [3.63, 3.8) is 0 Å². The molecule has 1 unspecified atom stereocenters. The lowest BCUT2D eigenvalue weighted by atomic mass is 9.98. The molecule has 3 heterocycles. The van der Waals surface area contributed by atoms with Gasteiger partial charge in [-0.3, -0.25) is 20.2 Å². The first-order valence-corrected chi connectivity index (χ1v) is 10.9. The number of hydrogen-bond donors (Lipinski definition) is 2. The molecule has 0 bridgehead atoms. The highest BCUT2D eigenvalue weighted by Gasteiger charge is 2.24. The molecule has 1 amide bonds. The van der Waals surface area contributed by atoms with Crippen LogP contribution in [0.4, 0.5) is 5.69 Å². The average molecular weight is 453 g/mol. The molecule has 1 fully saturated rings. The third-order valence-electron chi connectivity index (χ3n) is 5.62. The normalized spacial score (nSPS) is 15.1. The van der Waals surface area contributed by atoms with Crippen molar-refractivity contribution in [2.45, 2.75) is 18.9 Å². The molecule has 8 heteroatoms. The maximum absolute atomic E-state index is 12.1. The van der Waals surface area contributed by atoms with E-state index in [1.54, 1.807) is 59.9 Å². The second-order valence-corrected chi connectivity index (χ2v) is 7.88. The molecule has 1 aromatic carbocycles. The molecule has 0 aliphatic carbocycles. The summed E-state index contributed by atoms with van der Waals surface area (Å²) in [5.41, 5.74) is 2.32. The first kappa shape index (κ1) is 22.7. The third-order valence-corrected chi connectivity index (χ3v) is 5.62. The van der Waals surface area contributed by atoms with Gasteiger partial charge in [0.25, 0.3) is 0 Å². The second kappa shape index (κ2) is 10.4. The van der Waals surface area contributed by atoms with Gasteiger partial charge in [0, 0.05) is 55.0 Å². The first-order chi connectivity index (χ1) is 16.6. The first-order valence-electron chi connectivity index (χ1n) is 10.9. The van der Waals surface area contributed by atoms with E-state index < -0.39 is 0 Å². The van der Waals surface area contributed by atoms with Crippen molar-refractivity contribution in [2.24, 2.45) is 0 Å². The Hall–Kier alpha value is -4.51. The number of nitrogens with one attached hydrogen (secondary N) is 2. The number of nitrogens with zero attached hydrogens (tertiary/aromatic N) is 4. The Kier molecular flexibility index (Phi) is 6.94. The summed E-state index contributed by atoms with van der Waals surface area (Å²) in [6.45, 7) is 4.76. The van der Waals surface area contributed by atoms with Gasteiger partial charge >= 0.3 is 0 Å². The third kappa shape index (κ3) is 5.10. The molecule has 1 saturated heterocycles. The number of rotatable bonds is 7. The van der Waals surface area contributed by atoms with Gasteiger partial charge < -0.3 is 15.0 Å². The number of pyridine rings is 2. The summed E-state index contributed by atoms with van der Waals surface area (Å²) in [4.78, 5) is 22.0. The van der Waals surface area contributed by atoms with Crippen molar-refractivity contribution in [1.82, 2.24) is 14.9 Å². The second-order valence-electron chi connectivity index (χ2n) is 7.88. The summed E-state index contributed by atoms with van der Waals surface area (Å²) in [6.07, 6.45) is 9.39. The highest BCUT2D eigenvalue weighted by Crippen LogP contribution is 2.27. The Balaban J connectivity index is 1.56. The van der Waals surface area contributed by atoms with E-state index in [1.165, 1.54) is 12.3 Å². The molecular weight excluding hydrogens is 428 g/mol. The van der Waals surface area contributed by atoms with Gasteiger partial charge in [-0.1, -0.05) is 6.58 Å². The van der Waals surface area contributed by atoms with E-state index in [0.29, 0.717) is 47.0 Å². The zero-order chi connectivity index (χ0) is 23.9. The summed E-state index contributed by atoms with van der Waals surface area (Å²) < 4.78 is 5.80. The number of amides is 1. The van der Waals surface area contributed by atoms with Crippen LogP contribution in [0.2, 0.25) is 0 Å². The number of piperidine rings is 1. The number of anilines is 1. The number of hydrogen-bond acceptors (Lipinski definition) is 7.